The standard InChI is InChI=1S/C15H22N4O/c1-4-14-13(10-19(3)18-14)15(17-16)11-7-6-8-12(9-11)20-5-2/h6-10,15,17H,4-5,16H2,1-3H3. The summed E-state index contributed by atoms with van der Waals surface area (Å²) in [6.07, 6.45) is 2.89. The molecule has 1 aromatic carbocycles. The lowest BCUT2D eigenvalue weighted by Crippen LogP contribution is -2.29. The first-order valence-corrected chi connectivity index (χ1v) is 6.90. The molecule has 108 valence electrons. The maximum Gasteiger partial charge on any atom is 0.119 e. The van der Waals surface area contributed by atoms with Gasteiger partial charge in [0.15, 0.2) is 0 Å². The van der Waals surface area contributed by atoms with Gasteiger partial charge in [0.2, 0.25) is 0 Å². The first-order valence-electron chi connectivity index (χ1n) is 6.90. The van der Waals surface area contributed by atoms with Gasteiger partial charge < -0.3 is 4.74 Å². The van der Waals surface area contributed by atoms with Crippen LogP contribution in [0.15, 0.2) is 30.5 Å². The summed E-state index contributed by atoms with van der Waals surface area (Å²) in [6, 6.07) is 7.90. The molecule has 1 unspecified atom stereocenters. The van der Waals surface area contributed by atoms with Crippen molar-refractivity contribution < 1.29 is 4.74 Å². The Morgan fingerprint density at radius 3 is 2.85 bits per heavy atom. The third-order valence-electron chi connectivity index (χ3n) is 3.25. The van der Waals surface area contributed by atoms with Gasteiger partial charge in [0.05, 0.1) is 18.3 Å². The third-order valence-corrected chi connectivity index (χ3v) is 3.25. The predicted octanol–water partition coefficient (Wildman–Crippen LogP) is 1.93. The van der Waals surface area contributed by atoms with Gasteiger partial charge in [-0.3, -0.25) is 10.5 Å². The van der Waals surface area contributed by atoms with Crippen molar-refractivity contribution in [3.63, 3.8) is 0 Å². The molecule has 0 saturated heterocycles. The number of nitrogens with two attached hydrogens (primary N) is 1. The van der Waals surface area contributed by atoms with Crippen LogP contribution in [-0.2, 0) is 13.5 Å². The molecule has 5 heteroatoms. The second kappa shape index (κ2) is 6.54. The molecule has 0 bridgehead atoms. The number of hydrazine groups is 1. The summed E-state index contributed by atoms with van der Waals surface area (Å²) in [7, 11) is 1.92. The van der Waals surface area contributed by atoms with E-state index in [-0.39, 0.29) is 6.04 Å². The zero-order valence-electron chi connectivity index (χ0n) is 12.3. The van der Waals surface area contributed by atoms with Crippen molar-refractivity contribution in [2.45, 2.75) is 26.3 Å². The molecular formula is C15H22N4O. The molecule has 0 aliphatic heterocycles. The van der Waals surface area contributed by atoms with Crippen molar-refractivity contribution in [2.75, 3.05) is 6.61 Å². The number of hydrogen-bond acceptors (Lipinski definition) is 4. The molecule has 1 atom stereocenters. The maximum atomic E-state index is 5.77. The largest absolute Gasteiger partial charge is 0.494 e. The summed E-state index contributed by atoms with van der Waals surface area (Å²) in [5.41, 5.74) is 6.11. The van der Waals surface area contributed by atoms with Gasteiger partial charge in [-0.05, 0) is 31.0 Å². The Bertz CT molecular complexity index is 565. The van der Waals surface area contributed by atoms with E-state index in [4.69, 9.17) is 10.6 Å². The summed E-state index contributed by atoms with van der Waals surface area (Å²) in [4.78, 5) is 0. The van der Waals surface area contributed by atoms with E-state index in [1.807, 2.05) is 49.1 Å². The Balaban J connectivity index is 2.38. The van der Waals surface area contributed by atoms with Crippen molar-refractivity contribution in [1.29, 1.82) is 0 Å². The van der Waals surface area contributed by atoms with Crippen LogP contribution in [0.5, 0.6) is 5.75 Å². The van der Waals surface area contributed by atoms with E-state index in [1.165, 1.54) is 0 Å². The van der Waals surface area contributed by atoms with E-state index in [1.54, 1.807) is 0 Å². The number of nitrogens with one attached hydrogen (secondary N) is 1. The summed E-state index contributed by atoms with van der Waals surface area (Å²) in [5, 5.41) is 4.47. The molecule has 0 radical (unpaired) electrons. The molecule has 20 heavy (non-hydrogen) atoms. The molecule has 5 nitrogen and oxygen atoms in total. The Morgan fingerprint density at radius 1 is 1.40 bits per heavy atom. The minimum Gasteiger partial charge on any atom is -0.494 e. The van der Waals surface area contributed by atoms with Crippen molar-refractivity contribution in [2.24, 2.45) is 12.9 Å². The lowest BCUT2D eigenvalue weighted by molar-refractivity contribution is 0.339. The van der Waals surface area contributed by atoms with Crippen LogP contribution < -0.4 is 16.0 Å². The van der Waals surface area contributed by atoms with E-state index in [0.29, 0.717) is 6.61 Å². The van der Waals surface area contributed by atoms with Crippen LogP contribution in [0.4, 0.5) is 0 Å². The van der Waals surface area contributed by atoms with Gasteiger partial charge in [0.25, 0.3) is 0 Å². The van der Waals surface area contributed by atoms with Gasteiger partial charge in [-0.1, -0.05) is 19.1 Å². The number of hydrogen-bond donors (Lipinski definition) is 2. The summed E-state index contributed by atoms with van der Waals surface area (Å²) >= 11 is 0. The van der Waals surface area contributed by atoms with E-state index in [9.17, 15) is 0 Å². The van der Waals surface area contributed by atoms with Crippen molar-refractivity contribution in [1.82, 2.24) is 15.2 Å². The van der Waals surface area contributed by atoms with Gasteiger partial charge in [0.1, 0.15) is 5.75 Å². The molecule has 0 spiro atoms. The van der Waals surface area contributed by atoms with Gasteiger partial charge in [-0.25, -0.2) is 5.43 Å². The topological polar surface area (TPSA) is 65.1 Å². The Kier molecular flexibility index (Phi) is 4.76. The van der Waals surface area contributed by atoms with Crippen LogP contribution in [-0.4, -0.2) is 16.4 Å². The van der Waals surface area contributed by atoms with E-state index < -0.39 is 0 Å². The molecule has 0 saturated carbocycles. The number of aromatic nitrogens is 2. The highest BCUT2D eigenvalue weighted by Gasteiger charge is 2.18. The zero-order valence-corrected chi connectivity index (χ0v) is 12.3. The van der Waals surface area contributed by atoms with Crippen LogP contribution in [0.25, 0.3) is 0 Å². The maximum absolute atomic E-state index is 5.77. The Morgan fingerprint density at radius 2 is 2.20 bits per heavy atom. The number of rotatable bonds is 6. The fourth-order valence-corrected chi connectivity index (χ4v) is 2.38. The summed E-state index contributed by atoms with van der Waals surface area (Å²) in [5.74, 6) is 6.62. The van der Waals surface area contributed by atoms with E-state index >= 15 is 0 Å². The molecular weight excluding hydrogens is 252 g/mol. The monoisotopic (exact) mass is 274 g/mol. The highest BCUT2D eigenvalue weighted by atomic mass is 16.5. The van der Waals surface area contributed by atoms with Crippen LogP contribution in [0.2, 0.25) is 0 Å². The van der Waals surface area contributed by atoms with Gasteiger partial charge in [-0.2, -0.15) is 5.10 Å². The van der Waals surface area contributed by atoms with Gasteiger partial charge >= 0.3 is 0 Å². The van der Waals surface area contributed by atoms with Crippen LogP contribution >= 0.6 is 0 Å². The average Bonchev–Trinajstić information content (AvgIpc) is 2.82. The lowest BCUT2D eigenvalue weighted by atomic mass is 9.99. The number of aryl methyl sites for hydroxylation is 2. The minimum absolute atomic E-state index is 0.0842. The van der Waals surface area contributed by atoms with Crippen molar-refractivity contribution >= 4 is 0 Å². The Labute approximate surface area is 119 Å². The zero-order chi connectivity index (χ0) is 14.5. The van der Waals surface area contributed by atoms with Gasteiger partial charge in [-0.15, -0.1) is 0 Å². The molecule has 1 heterocycles. The van der Waals surface area contributed by atoms with Crippen LogP contribution in [0.3, 0.4) is 0 Å². The van der Waals surface area contributed by atoms with E-state index in [2.05, 4.69) is 17.4 Å². The van der Waals surface area contributed by atoms with E-state index in [0.717, 1.165) is 29.0 Å². The molecule has 0 aliphatic carbocycles. The minimum atomic E-state index is -0.0842. The Hall–Kier alpha value is -1.85. The number of ether oxygens (including phenoxy) is 1. The molecule has 0 amide bonds. The van der Waals surface area contributed by atoms with Crippen LogP contribution in [0, 0.1) is 0 Å². The molecule has 2 aromatic rings. The number of nitrogens with zero attached hydrogens (tertiary/aromatic N) is 2. The van der Waals surface area contributed by atoms with Crippen molar-refractivity contribution in [3.05, 3.63) is 47.3 Å². The second-order valence-corrected chi connectivity index (χ2v) is 4.66. The predicted molar refractivity (Wildman–Crippen MR) is 79.4 cm³/mol. The first-order chi connectivity index (χ1) is 9.69. The highest BCUT2D eigenvalue weighted by Crippen LogP contribution is 2.26. The van der Waals surface area contributed by atoms with Crippen molar-refractivity contribution in [3.8, 4) is 5.75 Å². The smallest absolute Gasteiger partial charge is 0.119 e. The SMILES string of the molecule is CCOc1cccc(C(NN)c2cn(C)nc2CC)c1. The molecule has 3 N–H and O–H groups in total. The van der Waals surface area contributed by atoms with Crippen LogP contribution in [0.1, 0.15) is 36.7 Å². The summed E-state index contributed by atoms with van der Waals surface area (Å²) < 4.78 is 7.37. The lowest BCUT2D eigenvalue weighted by Gasteiger charge is -2.17. The molecule has 0 fully saturated rings. The quantitative estimate of drug-likeness (QED) is 0.624. The first kappa shape index (κ1) is 14.6. The molecule has 0 aliphatic rings. The molecule has 2 rings (SSSR count). The summed E-state index contributed by atoms with van der Waals surface area (Å²) in [6.45, 7) is 4.72. The number of benzene rings is 1. The average molecular weight is 274 g/mol. The highest BCUT2D eigenvalue weighted by molar-refractivity contribution is 5.37. The fraction of sp³-hybridized carbons (Fsp3) is 0.400. The fourth-order valence-electron chi connectivity index (χ4n) is 2.38. The second-order valence-electron chi connectivity index (χ2n) is 4.66. The van der Waals surface area contributed by atoms with Gasteiger partial charge in [0, 0.05) is 18.8 Å². The molecule has 1 aromatic heterocycles. The normalized spacial score (nSPS) is 12.4. The third kappa shape index (κ3) is 3.00.